The second kappa shape index (κ2) is 5.57. The highest BCUT2D eigenvalue weighted by Crippen LogP contribution is 2.28. The molecular formula is C16H16O3. The highest BCUT2D eigenvalue weighted by Gasteiger charge is 2.11. The fraction of sp³-hybridized carbons (Fsp3) is 0.188. The molecule has 0 aromatic heterocycles. The van der Waals surface area contributed by atoms with Crippen LogP contribution in [0.5, 0.6) is 11.5 Å². The monoisotopic (exact) mass is 256 g/mol. The summed E-state index contributed by atoms with van der Waals surface area (Å²) in [6.45, 7) is 3.84. The molecule has 0 aliphatic heterocycles. The number of hydrogen-bond donors (Lipinski definition) is 0. The highest BCUT2D eigenvalue weighted by molar-refractivity contribution is 5.91. The molecule has 0 heterocycles. The Hall–Kier alpha value is -2.29. The molecule has 0 unspecified atom stereocenters. The van der Waals surface area contributed by atoms with Crippen LogP contribution in [0.4, 0.5) is 0 Å². The first kappa shape index (κ1) is 13.1. The molecule has 0 atom stereocenters. The maximum atomic E-state index is 11.9. The van der Waals surface area contributed by atoms with Crippen molar-refractivity contribution in [3.63, 3.8) is 0 Å². The number of carbonyl (C=O) groups excluding carboxylic acids is 1. The van der Waals surface area contributed by atoms with Crippen LogP contribution in [0.15, 0.2) is 42.5 Å². The Morgan fingerprint density at radius 1 is 1.00 bits per heavy atom. The Labute approximate surface area is 112 Å². The van der Waals surface area contributed by atoms with Crippen LogP contribution in [0.3, 0.4) is 0 Å². The summed E-state index contributed by atoms with van der Waals surface area (Å²) in [6, 6.07) is 12.5. The standard InChI is InChI=1S/C16H16O3/c1-11-9-14(10-12(2)15(11)18-3)19-16(17)13-7-5-4-6-8-13/h4-10H,1-3H3. The van der Waals surface area contributed by atoms with Gasteiger partial charge >= 0.3 is 5.97 Å². The molecule has 0 aliphatic rings. The first-order chi connectivity index (χ1) is 9.11. The lowest BCUT2D eigenvalue weighted by Gasteiger charge is -2.11. The summed E-state index contributed by atoms with van der Waals surface area (Å²) in [5.74, 6) is 0.994. The van der Waals surface area contributed by atoms with E-state index in [4.69, 9.17) is 9.47 Å². The van der Waals surface area contributed by atoms with Gasteiger partial charge in [0.25, 0.3) is 0 Å². The van der Waals surface area contributed by atoms with Gasteiger partial charge in [0.05, 0.1) is 12.7 Å². The molecule has 0 spiro atoms. The fourth-order valence-electron chi connectivity index (χ4n) is 2.03. The van der Waals surface area contributed by atoms with Crippen molar-refractivity contribution in [2.45, 2.75) is 13.8 Å². The van der Waals surface area contributed by atoms with Gasteiger partial charge in [-0.2, -0.15) is 0 Å². The summed E-state index contributed by atoms with van der Waals surface area (Å²) in [6.07, 6.45) is 0. The molecule has 2 rings (SSSR count). The van der Waals surface area contributed by atoms with Crippen molar-refractivity contribution in [3.05, 3.63) is 59.2 Å². The van der Waals surface area contributed by atoms with E-state index < -0.39 is 0 Å². The molecule has 0 amide bonds. The number of hydrogen-bond acceptors (Lipinski definition) is 3. The molecule has 0 saturated heterocycles. The van der Waals surface area contributed by atoms with E-state index in [1.165, 1.54) is 0 Å². The average molecular weight is 256 g/mol. The predicted octanol–water partition coefficient (Wildman–Crippen LogP) is 3.53. The van der Waals surface area contributed by atoms with Gasteiger partial charge in [-0.05, 0) is 49.2 Å². The van der Waals surface area contributed by atoms with Gasteiger partial charge in [0, 0.05) is 0 Å². The van der Waals surface area contributed by atoms with Crippen LogP contribution in [0.25, 0.3) is 0 Å². The molecule has 0 N–H and O–H groups in total. The smallest absolute Gasteiger partial charge is 0.343 e. The van der Waals surface area contributed by atoms with E-state index in [1.807, 2.05) is 19.9 Å². The zero-order valence-electron chi connectivity index (χ0n) is 11.3. The fourth-order valence-corrected chi connectivity index (χ4v) is 2.03. The van der Waals surface area contributed by atoms with E-state index in [0.29, 0.717) is 11.3 Å². The van der Waals surface area contributed by atoms with Crippen LogP contribution in [-0.4, -0.2) is 13.1 Å². The molecule has 0 radical (unpaired) electrons. The lowest BCUT2D eigenvalue weighted by molar-refractivity contribution is 0.0734. The second-order valence-corrected chi connectivity index (χ2v) is 4.35. The third kappa shape index (κ3) is 2.94. The molecule has 2 aromatic rings. The summed E-state index contributed by atoms with van der Waals surface area (Å²) >= 11 is 0. The first-order valence-electron chi connectivity index (χ1n) is 6.04. The summed E-state index contributed by atoms with van der Waals surface area (Å²) in [7, 11) is 1.63. The largest absolute Gasteiger partial charge is 0.496 e. The SMILES string of the molecule is COc1c(C)cc(OC(=O)c2ccccc2)cc1C. The lowest BCUT2D eigenvalue weighted by atomic mass is 10.1. The molecule has 2 aromatic carbocycles. The van der Waals surface area contributed by atoms with Gasteiger partial charge in [-0.1, -0.05) is 18.2 Å². The van der Waals surface area contributed by atoms with Crippen molar-refractivity contribution in [3.8, 4) is 11.5 Å². The number of esters is 1. The molecule has 3 nitrogen and oxygen atoms in total. The van der Waals surface area contributed by atoms with Gasteiger partial charge in [0.15, 0.2) is 0 Å². The third-order valence-corrected chi connectivity index (χ3v) is 2.86. The predicted molar refractivity (Wildman–Crippen MR) is 73.9 cm³/mol. The maximum absolute atomic E-state index is 11.9. The second-order valence-electron chi connectivity index (χ2n) is 4.35. The number of ether oxygens (including phenoxy) is 2. The summed E-state index contributed by atoms with van der Waals surface area (Å²) in [5.41, 5.74) is 2.42. The molecule has 19 heavy (non-hydrogen) atoms. The normalized spacial score (nSPS) is 10.1. The van der Waals surface area contributed by atoms with Crippen molar-refractivity contribution in [2.75, 3.05) is 7.11 Å². The van der Waals surface area contributed by atoms with E-state index in [2.05, 4.69) is 0 Å². The lowest BCUT2D eigenvalue weighted by Crippen LogP contribution is -2.08. The Morgan fingerprint density at radius 3 is 2.11 bits per heavy atom. The van der Waals surface area contributed by atoms with E-state index in [1.54, 1.807) is 43.5 Å². The van der Waals surface area contributed by atoms with Crippen molar-refractivity contribution in [2.24, 2.45) is 0 Å². The Bertz CT molecular complexity index is 565. The van der Waals surface area contributed by atoms with Crippen molar-refractivity contribution >= 4 is 5.97 Å². The molecule has 3 heteroatoms. The van der Waals surface area contributed by atoms with Gasteiger partial charge in [0.1, 0.15) is 11.5 Å². The molecular weight excluding hydrogens is 240 g/mol. The van der Waals surface area contributed by atoms with E-state index in [-0.39, 0.29) is 5.97 Å². The number of benzene rings is 2. The van der Waals surface area contributed by atoms with Crippen LogP contribution in [0.1, 0.15) is 21.5 Å². The van der Waals surface area contributed by atoms with Crippen molar-refractivity contribution < 1.29 is 14.3 Å². The summed E-state index contributed by atoms with van der Waals surface area (Å²) in [5, 5.41) is 0. The minimum Gasteiger partial charge on any atom is -0.496 e. The zero-order chi connectivity index (χ0) is 13.8. The molecule has 0 bridgehead atoms. The minimum absolute atomic E-state index is 0.357. The first-order valence-corrected chi connectivity index (χ1v) is 6.04. The van der Waals surface area contributed by atoms with E-state index >= 15 is 0 Å². The molecule has 98 valence electrons. The summed E-state index contributed by atoms with van der Waals surface area (Å²) < 4.78 is 10.6. The topological polar surface area (TPSA) is 35.5 Å². The molecule has 0 aliphatic carbocycles. The molecule has 0 fully saturated rings. The Balaban J connectivity index is 2.23. The van der Waals surface area contributed by atoms with Crippen LogP contribution in [-0.2, 0) is 0 Å². The summed E-state index contributed by atoms with van der Waals surface area (Å²) in [4.78, 5) is 11.9. The van der Waals surface area contributed by atoms with E-state index in [0.717, 1.165) is 16.9 Å². The van der Waals surface area contributed by atoms with Crippen molar-refractivity contribution in [1.82, 2.24) is 0 Å². The van der Waals surface area contributed by atoms with Crippen LogP contribution in [0.2, 0.25) is 0 Å². The van der Waals surface area contributed by atoms with Crippen LogP contribution in [0, 0.1) is 13.8 Å². The number of methoxy groups -OCH3 is 1. The minimum atomic E-state index is -0.357. The average Bonchev–Trinajstić information content (AvgIpc) is 2.39. The van der Waals surface area contributed by atoms with Gasteiger partial charge in [-0.25, -0.2) is 4.79 Å². The Morgan fingerprint density at radius 2 is 1.58 bits per heavy atom. The Kier molecular flexibility index (Phi) is 3.85. The van der Waals surface area contributed by atoms with Gasteiger partial charge in [-0.3, -0.25) is 0 Å². The quantitative estimate of drug-likeness (QED) is 0.622. The number of carbonyl (C=O) groups is 1. The highest BCUT2D eigenvalue weighted by atomic mass is 16.5. The van der Waals surface area contributed by atoms with Gasteiger partial charge in [0.2, 0.25) is 0 Å². The maximum Gasteiger partial charge on any atom is 0.343 e. The van der Waals surface area contributed by atoms with Crippen molar-refractivity contribution in [1.29, 1.82) is 0 Å². The molecule has 0 saturated carbocycles. The van der Waals surface area contributed by atoms with E-state index in [9.17, 15) is 4.79 Å². The van der Waals surface area contributed by atoms with Crippen LogP contribution >= 0.6 is 0 Å². The van der Waals surface area contributed by atoms with Crippen LogP contribution < -0.4 is 9.47 Å². The third-order valence-electron chi connectivity index (χ3n) is 2.86. The van der Waals surface area contributed by atoms with Gasteiger partial charge < -0.3 is 9.47 Å². The number of aryl methyl sites for hydroxylation is 2. The van der Waals surface area contributed by atoms with Gasteiger partial charge in [-0.15, -0.1) is 0 Å². The zero-order valence-corrected chi connectivity index (χ0v) is 11.3. The number of rotatable bonds is 3.